The highest BCUT2D eigenvalue weighted by Gasteiger charge is 2.19. The van der Waals surface area contributed by atoms with Gasteiger partial charge in [-0.3, -0.25) is 9.36 Å². The minimum Gasteiger partial charge on any atom is -0.381 e. The summed E-state index contributed by atoms with van der Waals surface area (Å²) in [6.07, 6.45) is 4.47. The number of aromatic amines is 1. The second-order valence-electron chi connectivity index (χ2n) is 5.55. The average molecular weight is 317 g/mol. The SMILES string of the molecule is Cn1c(=O)[nH]cc(CCNc2cc([C@H]3CCOC3)ncn2)c1=O. The van der Waals surface area contributed by atoms with Crippen LogP contribution in [0.5, 0.6) is 0 Å². The minimum absolute atomic E-state index is 0.276. The molecule has 1 aliphatic rings. The summed E-state index contributed by atoms with van der Waals surface area (Å²) in [7, 11) is 1.46. The quantitative estimate of drug-likeness (QED) is 0.806. The largest absolute Gasteiger partial charge is 0.381 e. The van der Waals surface area contributed by atoms with Gasteiger partial charge in [0.25, 0.3) is 5.56 Å². The lowest BCUT2D eigenvalue weighted by atomic mass is 10.1. The molecule has 3 rings (SSSR count). The fraction of sp³-hybridized carbons (Fsp3) is 0.467. The van der Waals surface area contributed by atoms with E-state index in [2.05, 4.69) is 20.3 Å². The zero-order chi connectivity index (χ0) is 16.2. The first-order valence-electron chi connectivity index (χ1n) is 7.56. The van der Waals surface area contributed by atoms with E-state index in [4.69, 9.17) is 4.74 Å². The fourth-order valence-electron chi connectivity index (χ4n) is 2.58. The Morgan fingerprint density at radius 1 is 1.43 bits per heavy atom. The van der Waals surface area contributed by atoms with E-state index < -0.39 is 5.69 Å². The zero-order valence-electron chi connectivity index (χ0n) is 12.9. The molecule has 0 saturated carbocycles. The van der Waals surface area contributed by atoms with Gasteiger partial charge in [-0.15, -0.1) is 0 Å². The van der Waals surface area contributed by atoms with E-state index in [9.17, 15) is 9.59 Å². The van der Waals surface area contributed by atoms with E-state index in [1.54, 1.807) is 0 Å². The Bertz CT molecular complexity index is 792. The first-order valence-corrected chi connectivity index (χ1v) is 7.56. The maximum absolute atomic E-state index is 11.9. The first-order chi connectivity index (χ1) is 11.1. The molecular formula is C15H19N5O3. The molecule has 0 spiro atoms. The minimum atomic E-state index is -0.411. The lowest BCUT2D eigenvalue weighted by molar-refractivity contribution is 0.193. The summed E-state index contributed by atoms with van der Waals surface area (Å²) in [5.41, 5.74) is 0.839. The number of hydrogen-bond acceptors (Lipinski definition) is 6. The molecular weight excluding hydrogens is 298 g/mol. The molecule has 1 saturated heterocycles. The van der Waals surface area contributed by atoms with Crippen molar-refractivity contribution in [2.24, 2.45) is 7.05 Å². The summed E-state index contributed by atoms with van der Waals surface area (Å²) >= 11 is 0. The molecule has 23 heavy (non-hydrogen) atoms. The molecule has 2 aromatic rings. The van der Waals surface area contributed by atoms with Crippen molar-refractivity contribution < 1.29 is 4.74 Å². The second-order valence-corrected chi connectivity index (χ2v) is 5.55. The summed E-state index contributed by atoms with van der Waals surface area (Å²) in [4.78, 5) is 34.3. The topological polar surface area (TPSA) is 102 Å². The number of H-pyrrole nitrogens is 1. The highest BCUT2D eigenvalue weighted by Crippen LogP contribution is 2.24. The van der Waals surface area contributed by atoms with Crippen molar-refractivity contribution in [2.75, 3.05) is 25.1 Å². The highest BCUT2D eigenvalue weighted by molar-refractivity contribution is 5.36. The van der Waals surface area contributed by atoms with Crippen molar-refractivity contribution in [3.8, 4) is 0 Å². The predicted octanol–water partition coefficient (Wildman–Crippen LogP) is 0.0221. The van der Waals surface area contributed by atoms with Crippen molar-refractivity contribution in [1.29, 1.82) is 0 Å². The van der Waals surface area contributed by atoms with Crippen molar-refractivity contribution >= 4 is 5.82 Å². The zero-order valence-corrected chi connectivity index (χ0v) is 12.9. The summed E-state index contributed by atoms with van der Waals surface area (Å²) in [5.74, 6) is 1.05. The van der Waals surface area contributed by atoms with E-state index in [1.807, 2.05) is 6.07 Å². The van der Waals surface area contributed by atoms with E-state index in [0.717, 1.165) is 29.1 Å². The maximum Gasteiger partial charge on any atom is 0.328 e. The molecule has 0 aromatic carbocycles. The van der Waals surface area contributed by atoms with Crippen LogP contribution < -0.4 is 16.6 Å². The van der Waals surface area contributed by atoms with Gasteiger partial charge in [-0.1, -0.05) is 0 Å². The summed E-state index contributed by atoms with van der Waals surface area (Å²) in [6.45, 7) is 2.01. The normalized spacial score (nSPS) is 17.3. The van der Waals surface area contributed by atoms with Crippen LogP contribution in [0.15, 0.2) is 28.2 Å². The van der Waals surface area contributed by atoms with Crippen molar-refractivity contribution in [3.05, 3.63) is 50.7 Å². The van der Waals surface area contributed by atoms with Crippen LogP contribution >= 0.6 is 0 Å². The van der Waals surface area contributed by atoms with Gasteiger partial charge in [-0.25, -0.2) is 14.8 Å². The molecule has 0 unspecified atom stereocenters. The number of anilines is 1. The Labute approximate surface area is 132 Å². The van der Waals surface area contributed by atoms with Crippen LogP contribution in [0.4, 0.5) is 5.82 Å². The van der Waals surface area contributed by atoms with Crippen LogP contribution in [0.25, 0.3) is 0 Å². The number of aromatic nitrogens is 4. The van der Waals surface area contributed by atoms with Gasteiger partial charge in [0.05, 0.1) is 12.3 Å². The lowest BCUT2D eigenvalue weighted by Gasteiger charge is -2.10. The molecule has 1 atom stereocenters. The first kappa shape index (κ1) is 15.4. The lowest BCUT2D eigenvalue weighted by Crippen LogP contribution is -2.34. The van der Waals surface area contributed by atoms with Crippen molar-refractivity contribution in [1.82, 2.24) is 19.5 Å². The predicted molar refractivity (Wildman–Crippen MR) is 84.7 cm³/mol. The van der Waals surface area contributed by atoms with Gasteiger partial charge in [-0.05, 0) is 12.8 Å². The van der Waals surface area contributed by atoms with Crippen molar-refractivity contribution in [3.63, 3.8) is 0 Å². The van der Waals surface area contributed by atoms with E-state index in [0.29, 0.717) is 31.1 Å². The number of ether oxygens (including phenoxy) is 1. The second kappa shape index (κ2) is 6.74. The number of nitrogens with one attached hydrogen (secondary N) is 2. The molecule has 0 amide bonds. The molecule has 0 bridgehead atoms. The van der Waals surface area contributed by atoms with Gasteiger partial charge >= 0.3 is 5.69 Å². The van der Waals surface area contributed by atoms with E-state index >= 15 is 0 Å². The van der Waals surface area contributed by atoms with E-state index in [-0.39, 0.29) is 5.56 Å². The molecule has 1 aliphatic heterocycles. The van der Waals surface area contributed by atoms with E-state index in [1.165, 1.54) is 19.6 Å². The smallest absolute Gasteiger partial charge is 0.328 e. The summed E-state index contributed by atoms with van der Waals surface area (Å²) < 4.78 is 6.45. The number of hydrogen-bond donors (Lipinski definition) is 2. The standard InChI is InChI=1S/C15H19N5O3/c1-20-14(21)10(7-17-15(20)22)2-4-16-13-6-12(18-9-19-13)11-3-5-23-8-11/h6-7,9,11H,2-5,8H2,1H3,(H,17,22)(H,16,18,19)/t11-/m0/s1. The highest BCUT2D eigenvalue weighted by atomic mass is 16.5. The van der Waals surface area contributed by atoms with Crippen LogP contribution in [0, 0.1) is 0 Å². The van der Waals surface area contributed by atoms with Crippen LogP contribution in [0.2, 0.25) is 0 Å². The molecule has 1 fully saturated rings. The molecule has 8 nitrogen and oxygen atoms in total. The average Bonchev–Trinajstić information content (AvgIpc) is 3.10. The molecule has 122 valence electrons. The Morgan fingerprint density at radius 2 is 2.30 bits per heavy atom. The summed E-state index contributed by atoms with van der Waals surface area (Å²) in [6, 6.07) is 1.92. The van der Waals surface area contributed by atoms with Crippen LogP contribution in [0.3, 0.4) is 0 Å². The molecule has 0 aliphatic carbocycles. The number of rotatable bonds is 5. The Kier molecular flexibility index (Phi) is 4.52. The third-order valence-electron chi connectivity index (χ3n) is 3.99. The van der Waals surface area contributed by atoms with Gasteiger partial charge < -0.3 is 15.0 Å². The monoisotopic (exact) mass is 317 g/mol. The Morgan fingerprint density at radius 3 is 3.09 bits per heavy atom. The number of nitrogens with zero attached hydrogens (tertiary/aromatic N) is 3. The van der Waals surface area contributed by atoms with Gasteiger partial charge in [0.2, 0.25) is 0 Å². The molecule has 2 aromatic heterocycles. The third kappa shape index (κ3) is 3.48. The van der Waals surface area contributed by atoms with Crippen LogP contribution in [0.1, 0.15) is 23.6 Å². The van der Waals surface area contributed by atoms with Crippen LogP contribution in [-0.2, 0) is 18.2 Å². The van der Waals surface area contributed by atoms with Crippen LogP contribution in [-0.4, -0.2) is 39.3 Å². The molecule has 2 N–H and O–H groups in total. The van der Waals surface area contributed by atoms with Gasteiger partial charge in [0.1, 0.15) is 12.1 Å². The molecule has 0 radical (unpaired) electrons. The van der Waals surface area contributed by atoms with Gasteiger partial charge in [0, 0.05) is 43.9 Å². The van der Waals surface area contributed by atoms with Gasteiger partial charge in [-0.2, -0.15) is 0 Å². The van der Waals surface area contributed by atoms with Gasteiger partial charge in [0.15, 0.2) is 0 Å². The molecule has 8 heteroatoms. The van der Waals surface area contributed by atoms with Crippen molar-refractivity contribution in [2.45, 2.75) is 18.8 Å². The Hall–Kier alpha value is -2.48. The molecule has 3 heterocycles. The third-order valence-corrected chi connectivity index (χ3v) is 3.99. The maximum atomic E-state index is 11.9. The fourth-order valence-corrected chi connectivity index (χ4v) is 2.58. The summed E-state index contributed by atoms with van der Waals surface area (Å²) in [5, 5.41) is 3.19. The Balaban J connectivity index is 1.63.